The molecule has 0 aliphatic heterocycles. The molecule has 2 N–H and O–H groups in total. The number of aryl methyl sites for hydroxylation is 1. The van der Waals surface area contributed by atoms with Crippen LogP contribution in [0.3, 0.4) is 0 Å². The number of aromatic carboxylic acids is 1. The molecular formula is C15H11F2NO3. The van der Waals surface area contributed by atoms with Crippen LogP contribution in [0.4, 0.5) is 14.5 Å². The Labute approximate surface area is 119 Å². The monoisotopic (exact) mass is 291 g/mol. The van der Waals surface area contributed by atoms with E-state index in [0.717, 1.165) is 24.3 Å². The van der Waals surface area contributed by atoms with Gasteiger partial charge >= 0.3 is 5.97 Å². The van der Waals surface area contributed by atoms with Crippen molar-refractivity contribution in [2.24, 2.45) is 0 Å². The lowest BCUT2D eigenvalue weighted by atomic mass is 10.1. The van der Waals surface area contributed by atoms with Gasteiger partial charge in [-0.2, -0.15) is 0 Å². The number of carboxylic acids is 1. The molecule has 1 amide bonds. The van der Waals surface area contributed by atoms with Crippen LogP contribution in [0.2, 0.25) is 0 Å². The van der Waals surface area contributed by atoms with Crippen LogP contribution >= 0.6 is 0 Å². The van der Waals surface area contributed by atoms with E-state index in [2.05, 4.69) is 5.32 Å². The molecule has 0 spiro atoms. The summed E-state index contributed by atoms with van der Waals surface area (Å²) in [7, 11) is 0. The maximum Gasteiger partial charge on any atom is 0.337 e. The van der Waals surface area contributed by atoms with Crippen molar-refractivity contribution in [3.05, 3.63) is 64.7 Å². The standard InChI is InChI=1S/C15H11F2NO3/c1-8-2-3-9(16)6-12(8)14(19)18-13-7-10(17)4-5-11(13)15(20)21/h2-7H,1H3,(H,18,19)(H,20,21). The summed E-state index contributed by atoms with van der Waals surface area (Å²) in [6.45, 7) is 1.61. The van der Waals surface area contributed by atoms with Gasteiger partial charge in [-0.05, 0) is 42.8 Å². The molecule has 108 valence electrons. The number of benzene rings is 2. The van der Waals surface area contributed by atoms with Crippen LogP contribution in [0.5, 0.6) is 0 Å². The molecule has 4 nitrogen and oxygen atoms in total. The zero-order valence-corrected chi connectivity index (χ0v) is 11.0. The Morgan fingerprint density at radius 3 is 2.29 bits per heavy atom. The predicted molar refractivity (Wildman–Crippen MR) is 72.4 cm³/mol. The molecule has 21 heavy (non-hydrogen) atoms. The van der Waals surface area contributed by atoms with E-state index < -0.39 is 23.5 Å². The summed E-state index contributed by atoms with van der Waals surface area (Å²) in [5, 5.41) is 11.3. The predicted octanol–water partition coefficient (Wildman–Crippen LogP) is 3.22. The summed E-state index contributed by atoms with van der Waals surface area (Å²) in [6, 6.07) is 6.59. The van der Waals surface area contributed by atoms with E-state index in [4.69, 9.17) is 5.11 Å². The average molecular weight is 291 g/mol. The fourth-order valence-corrected chi connectivity index (χ4v) is 1.83. The van der Waals surface area contributed by atoms with Crippen molar-refractivity contribution in [2.75, 3.05) is 5.32 Å². The number of nitrogens with one attached hydrogen (secondary N) is 1. The van der Waals surface area contributed by atoms with Gasteiger partial charge in [-0.15, -0.1) is 0 Å². The van der Waals surface area contributed by atoms with E-state index in [-0.39, 0.29) is 16.8 Å². The van der Waals surface area contributed by atoms with Crippen LogP contribution in [0.1, 0.15) is 26.3 Å². The van der Waals surface area contributed by atoms with Gasteiger partial charge in [0.25, 0.3) is 5.91 Å². The second-order valence-electron chi connectivity index (χ2n) is 4.41. The van der Waals surface area contributed by atoms with Gasteiger partial charge in [0, 0.05) is 5.56 Å². The summed E-state index contributed by atoms with van der Waals surface area (Å²) in [5.74, 6) is -3.30. The number of hydrogen-bond acceptors (Lipinski definition) is 2. The van der Waals surface area contributed by atoms with Gasteiger partial charge in [-0.25, -0.2) is 13.6 Å². The van der Waals surface area contributed by atoms with Crippen molar-refractivity contribution in [1.82, 2.24) is 0 Å². The van der Waals surface area contributed by atoms with E-state index in [1.165, 1.54) is 12.1 Å². The highest BCUT2D eigenvalue weighted by atomic mass is 19.1. The lowest BCUT2D eigenvalue weighted by Gasteiger charge is -2.10. The van der Waals surface area contributed by atoms with E-state index in [1.54, 1.807) is 6.92 Å². The third-order valence-electron chi connectivity index (χ3n) is 2.90. The summed E-state index contributed by atoms with van der Waals surface area (Å²) < 4.78 is 26.4. The Kier molecular flexibility index (Phi) is 3.98. The summed E-state index contributed by atoms with van der Waals surface area (Å²) in [5.41, 5.74) is 0.132. The van der Waals surface area contributed by atoms with E-state index >= 15 is 0 Å². The average Bonchev–Trinajstić information content (AvgIpc) is 2.41. The molecule has 0 unspecified atom stereocenters. The molecule has 0 fully saturated rings. The molecule has 0 radical (unpaired) electrons. The minimum atomic E-state index is -1.30. The van der Waals surface area contributed by atoms with Crippen molar-refractivity contribution in [3.63, 3.8) is 0 Å². The van der Waals surface area contributed by atoms with Crippen molar-refractivity contribution in [1.29, 1.82) is 0 Å². The van der Waals surface area contributed by atoms with Gasteiger partial charge in [-0.3, -0.25) is 4.79 Å². The largest absolute Gasteiger partial charge is 0.478 e. The molecule has 0 bridgehead atoms. The van der Waals surface area contributed by atoms with Crippen LogP contribution in [0.25, 0.3) is 0 Å². The topological polar surface area (TPSA) is 66.4 Å². The van der Waals surface area contributed by atoms with Gasteiger partial charge in [0.15, 0.2) is 0 Å². The summed E-state index contributed by atoms with van der Waals surface area (Å²) in [6.07, 6.45) is 0. The van der Waals surface area contributed by atoms with Gasteiger partial charge in [0.05, 0.1) is 11.3 Å². The fourth-order valence-electron chi connectivity index (χ4n) is 1.83. The number of hydrogen-bond donors (Lipinski definition) is 2. The lowest BCUT2D eigenvalue weighted by Crippen LogP contribution is -2.16. The lowest BCUT2D eigenvalue weighted by molar-refractivity contribution is 0.0698. The zero-order chi connectivity index (χ0) is 15.6. The molecule has 0 atom stereocenters. The maximum atomic E-state index is 13.2. The number of amides is 1. The number of carbonyl (C=O) groups is 2. The molecule has 0 saturated carbocycles. The minimum Gasteiger partial charge on any atom is -0.478 e. The Hall–Kier alpha value is -2.76. The molecule has 0 aromatic heterocycles. The normalized spacial score (nSPS) is 10.2. The van der Waals surface area contributed by atoms with E-state index in [9.17, 15) is 18.4 Å². The third-order valence-corrected chi connectivity index (χ3v) is 2.90. The molecule has 0 heterocycles. The first kappa shape index (κ1) is 14.6. The second-order valence-corrected chi connectivity index (χ2v) is 4.41. The molecule has 2 rings (SSSR count). The smallest absolute Gasteiger partial charge is 0.337 e. The van der Waals surface area contributed by atoms with Crippen molar-refractivity contribution in [3.8, 4) is 0 Å². The van der Waals surface area contributed by atoms with Gasteiger partial charge < -0.3 is 10.4 Å². The Balaban J connectivity index is 2.38. The number of carbonyl (C=O) groups excluding carboxylic acids is 1. The molecule has 0 aliphatic carbocycles. The molecule has 0 saturated heterocycles. The first-order valence-electron chi connectivity index (χ1n) is 5.99. The number of carboxylic acid groups (broad SMARTS) is 1. The van der Waals surface area contributed by atoms with Crippen LogP contribution in [-0.2, 0) is 0 Å². The van der Waals surface area contributed by atoms with Gasteiger partial charge in [-0.1, -0.05) is 6.07 Å². The molecule has 0 aliphatic rings. The Morgan fingerprint density at radius 1 is 1.00 bits per heavy atom. The number of anilines is 1. The van der Waals surface area contributed by atoms with Crippen molar-refractivity contribution >= 4 is 17.6 Å². The number of rotatable bonds is 3. The second kappa shape index (κ2) is 5.70. The van der Waals surface area contributed by atoms with Crippen molar-refractivity contribution < 1.29 is 23.5 Å². The zero-order valence-electron chi connectivity index (χ0n) is 11.0. The fraction of sp³-hybridized carbons (Fsp3) is 0.0667. The molecule has 2 aromatic carbocycles. The summed E-state index contributed by atoms with van der Waals surface area (Å²) in [4.78, 5) is 23.1. The van der Waals surface area contributed by atoms with E-state index in [1.807, 2.05) is 0 Å². The minimum absolute atomic E-state index is 0.0515. The van der Waals surface area contributed by atoms with Crippen LogP contribution in [0.15, 0.2) is 36.4 Å². The van der Waals surface area contributed by atoms with Gasteiger partial charge in [0.2, 0.25) is 0 Å². The molecule has 6 heteroatoms. The van der Waals surface area contributed by atoms with Gasteiger partial charge in [0.1, 0.15) is 11.6 Å². The Bertz CT molecular complexity index is 729. The molecule has 2 aromatic rings. The first-order valence-corrected chi connectivity index (χ1v) is 5.99. The van der Waals surface area contributed by atoms with E-state index in [0.29, 0.717) is 5.56 Å². The van der Waals surface area contributed by atoms with Crippen molar-refractivity contribution in [2.45, 2.75) is 6.92 Å². The SMILES string of the molecule is Cc1ccc(F)cc1C(=O)Nc1cc(F)ccc1C(=O)O. The van der Waals surface area contributed by atoms with Crippen LogP contribution in [-0.4, -0.2) is 17.0 Å². The maximum absolute atomic E-state index is 13.2. The molecular weight excluding hydrogens is 280 g/mol. The highest BCUT2D eigenvalue weighted by molar-refractivity contribution is 6.08. The summed E-state index contributed by atoms with van der Waals surface area (Å²) >= 11 is 0. The highest BCUT2D eigenvalue weighted by Gasteiger charge is 2.16. The van der Waals surface area contributed by atoms with Crippen LogP contribution < -0.4 is 5.32 Å². The first-order chi connectivity index (χ1) is 9.88. The van der Waals surface area contributed by atoms with Crippen LogP contribution in [0, 0.1) is 18.6 Å². The third kappa shape index (κ3) is 3.22. The Morgan fingerprint density at radius 2 is 1.62 bits per heavy atom. The quantitative estimate of drug-likeness (QED) is 0.912. The number of halogens is 2. The highest BCUT2D eigenvalue weighted by Crippen LogP contribution is 2.19.